The number of esters is 1. The molecule has 0 saturated carbocycles. The lowest BCUT2D eigenvalue weighted by atomic mass is 10.0. The number of hydrogen-bond acceptors (Lipinski definition) is 5. The summed E-state index contributed by atoms with van der Waals surface area (Å²) in [5.41, 5.74) is 4.14. The minimum atomic E-state index is -0.990. The van der Waals surface area contributed by atoms with Crippen molar-refractivity contribution in [3.8, 4) is 0 Å². The molecule has 2 aromatic heterocycles. The van der Waals surface area contributed by atoms with E-state index in [1.54, 1.807) is 0 Å². The number of carbonyl (C=O) groups excluding carboxylic acids is 3. The second kappa shape index (κ2) is 24.7. The number of nitrogens with zero attached hydrogens (tertiary/aromatic N) is 2. The molecule has 2 atom stereocenters. The number of aliphatic carboxylic acids is 1. The third-order valence-electron chi connectivity index (χ3n) is 10.3. The topological polar surface area (TPSA) is 132 Å². The van der Waals surface area contributed by atoms with Gasteiger partial charge in [0.2, 0.25) is 11.8 Å². The van der Waals surface area contributed by atoms with Crippen LogP contribution in [0.3, 0.4) is 0 Å². The van der Waals surface area contributed by atoms with Gasteiger partial charge in [-0.3, -0.25) is 9.59 Å². The van der Waals surface area contributed by atoms with E-state index < -0.39 is 24.0 Å². The van der Waals surface area contributed by atoms with Crippen LogP contribution in [0.15, 0.2) is 60.9 Å². The predicted molar refractivity (Wildman–Crippen MR) is 222 cm³/mol. The van der Waals surface area contributed by atoms with Gasteiger partial charge in [-0.2, -0.15) is 0 Å². The third kappa shape index (κ3) is 15.2. The highest BCUT2D eigenvalue weighted by molar-refractivity contribution is 5.88. The van der Waals surface area contributed by atoms with Crippen molar-refractivity contribution >= 4 is 45.6 Å². The van der Waals surface area contributed by atoms with Crippen LogP contribution in [0.2, 0.25) is 0 Å². The highest BCUT2D eigenvalue weighted by Crippen LogP contribution is 2.23. The second-order valence-corrected chi connectivity index (χ2v) is 14.8. The summed E-state index contributed by atoms with van der Waals surface area (Å²) < 4.78 is 8.96. The summed E-state index contributed by atoms with van der Waals surface area (Å²) in [5, 5.41) is 17.2. The Labute approximate surface area is 328 Å². The summed E-state index contributed by atoms with van der Waals surface area (Å²) in [6.45, 7) is 4.40. The number of hydrogen-bond donors (Lipinski definition) is 3. The maximum absolute atomic E-state index is 12.3. The van der Waals surface area contributed by atoms with Crippen LogP contribution in [0.25, 0.3) is 21.8 Å². The molecule has 0 aliphatic heterocycles. The van der Waals surface area contributed by atoms with E-state index in [-0.39, 0.29) is 11.8 Å². The number of carboxylic acids is 1. The molecule has 2 amide bonds. The zero-order valence-electron chi connectivity index (χ0n) is 34.0. The number of rotatable bonds is 24. The van der Waals surface area contributed by atoms with Crippen molar-refractivity contribution in [3.63, 3.8) is 0 Å². The summed E-state index contributed by atoms with van der Waals surface area (Å²) >= 11 is 0. The fourth-order valence-electron chi connectivity index (χ4n) is 7.17. The number of aromatic nitrogens is 2. The molecule has 10 nitrogen and oxygen atoms in total. The fraction of sp³-hybridized carbons (Fsp3) is 0.556. The quantitative estimate of drug-likeness (QED) is 0.0483. The van der Waals surface area contributed by atoms with Crippen molar-refractivity contribution in [1.82, 2.24) is 19.8 Å². The van der Waals surface area contributed by atoms with Gasteiger partial charge in [0.05, 0.1) is 7.11 Å². The first-order valence-corrected chi connectivity index (χ1v) is 20.5. The number of carbonyl (C=O) groups is 4. The van der Waals surface area contributed by atoms with Gasteiger partial charge < -0.3 is 29.6 Å². The first-order valence-electron chi connectivity index (χ1n) is 20.5. The van der Waals surface area contributed by atoms with Gasteiger partial charge in [-0.15, -0.1) is 0 Å². The molecular weight excluding hydrogens is 693 g/mol. The zero-order chi connectivity index (χ0) is 40.0. The van der Waals surface area contributed by atoms with Crippen molar-refractivity contribution in [1.29, 1.82) is 0 Å². The summed E-state index contributed by atoms with van der Waals surface area (Å²) in [4.78, 5) is 48.4. The van der Waals surface area contributed by atoms with Gasteiger partial charge in [0.1, 0.15) is 12.1 Å². The van der Waals surface area contributed by atoms with E-state index >= 15 is 0 Å². The number of para-hydroxylation sites is 2. The van der Waals surface area contributed by atoms with Crippen molar-refractivity contribution in [2.75, 3.05) is 7.11 Å². The molecule has 0 radical (unpaired) electrons. The van der Waals surface area contributed by atoms with Gasteiger partial charge in [-0.05, 0) is 36.1 Å². The van der Waals surface area contributed by atoms with Crippen LogP contribution in [-0.2, 0) is 50.9 Å². The number of unbranched alkanes of at least 4 members (excludes halogenated alkanes) is 12. The molecular formula is C45H66N4O6. The van der Waals surface area contributed by atoms with Crippen LogP contribution < -0.4 is 10.6 Å². The van der Waals surface area contributed by atoms with E-state index in [9.17, 15) is 24.3 Å². The number of carboxylic acid groups (broad SMARTS) is 1. The fourth-order valence-corrected chi connectivity index (χ4v) is 7.17. The molecule has 4 aromatic rings. The molecule has 2 aromatic carbocycles. The summed E-state index contributed by atoms with van der Waals surface area (Å²) in [6.07, 6.45) is 21.6. The maximum Gasteiger partial charge on any atom is 0.328 e. The summed E-state index contributed by atoms with van der Waals surface area (Å²) in [7, 11) is 5.29. The molecule has 302 valence electrons. The Kier molecular flexibility index (Phi) is 20.1. The van der Waals surface area contributed by atoms with E-state index in [0.29, 0.717) is 25.7 Å². The molecule has 10 heteroatoms. The molecule has 2 heterocycles. The average molecular weight is 759 g/mol. The second-order valence-electron chi connectivity index (χ2n) is 14.8. The van der Waals surface area contributed by atoms with Gasteiger partial charge in [0, 0.05) is 74.0 Å². The van der Waals surface area contributed by atoms with E-state index in [0.717, 1.165) is 65.0 Å². The SMILES string of the molecule is CCCCCCCCCC(=O)NC(Cc1cn(C)c2ccccc12)C(=O)O.CCCCCCCCCC(=O)NC(Cc1cn(C)c2ccccc12)C(=O)OC. The minimum absolute atomic E-state index is 0.0794. The Morgan fingerprint density at radius 1 is 0.600 bits per heavy atom. The maximum atomic E-state index is 12.3. The highest BCUT2D eigenvalue weighted by Gasteiger charge is 2.24. The van der Waals surface area contributed by atoms with Gasteiger partial charge in [-0.1, -0.05) is 127 Å². The van der Waals surface area contributed by atoms with Crippen LogP contribution in [0.1, 0.15) is 128 Å². The summed E-state index contributed by atoms with van der Waals surface area (Å²) in [5.74, 6) is -1.64. The Balaban J connectivity index is 0.000000296. The molecule has 0 saturated heterocycles. The normalized spacial score (nSPS) is 12.2. The smallest absolute Gasteiger partial charge is 0.328 e. The number of nitrogens with one attached hydrogen (secondary N) is 2. The first-order chi connectivity index (χ1) is 26.6. The zero-order valence-corrected chi connectivity index (χ0v) is 34.0. The van der Waals surface area contributed by atoms with Crippen LogP contribution in [0.5, 0.6) is 0 Å². The number of aryl methyl sites for hydroxylation is 2. The molecule has 0 bridgehead atoms. The van der Waals surface area contributed by atoms with E-state index in [4.69, 9.17) is 4.74 Å². The van der Waals surface area contributed by atoms with Gasteiger partial charge in [0.15, 0.2) is 0 Å². The molecule has 0 fully saturated rings. The number of benzene rings is 2. The third-order valence-corrected chi connectivity index (χ3v) is 10.3. The standard InChI is InChI=1S/C23H34N2O3.C22H32N2O3/c1-4-5-6-7-8-9-10-15-22(26)24-20(23(27)28-3)16-18-17-25(2)21-14-12-11-13-19(18)21;1-3-4-5-6-7-8-9-14-21(25)23-19(22(26)27)15-17-16-24(2)20-13-11-10-12-18(17)20/h11-14,17,20H,4-10,15-16H2,1-3H3,(H,24,26);10-13,16,19H,3-9,14-15H2,1-2H3,(H,23,25)(H,26,27). The molecule has 0 aliphatic carbocycles. The largest absolute Gasteiger partial charge is 0.480 e. The van der Waals surface area contributed by atoms with Gasteiger partial charge in [0.25, 0.3) is 0 Å². The molecule has 0 aliphatic rings. The predicted octanol–water partition coefficient (Wildman–Crippen LogP) is 8.95. The Morgan fingerprint density at radius 3 is 1.40 bits per heavy atom. The summed E-state index contributed by atoms with van der Waals surface area (Å²) in [6, 6.07) is 14.4. The first kappa shape index (κ1) is 44.8. The van der Waals surface area contributed by atoms with Crippen molar-refractivity contribution < 1.29 is 29.0 Å². The Hall–Kier alpha value is -4.60. The van der Waals surface area contributed by atoms with Crippen molar-refractivity contribution in [2.24, 2.45) is 14.1 Å². The number of amides is 2. The van der Waals surface area contributed by atoms with Crippen LogP contribution >= 0.6 is 0 Å². The van der Waals surface area contributed by atoms with Crippen LogP contribution in [-0.4, -0.2) is 57.2 Å². The Morgan fingerprint density at radius 2 is 0.982 bits per heavy atom. The van der Waals surface area contributed by atoms with Gasteiger partial charge in [-0.25, -0.2) is 9.59 Å². The lowest BCUT2D eigenvalue weighted by molar-refractivity contribution is -0.145. The lowest BCUT2D eigenvalue weighted by Gasteiger charge is -2.16. The van der Waals surface area contributed by atoms with Crippen molar-refractivity contribution in [3.05, 3.63) is 72.1 Å². The van der Waals surface area contributed by atoms with E-state index in [1.807, 2.05) is 84.2 Å². The van der Waals surface area contributed by atoms with Crippen molar-refractivity contribution in [2.45, 2.75) is 142 Å². The lowest BCUT2D eigenvalue weighted by Crippen LogP contribution is -2.43. The molecule has 3 N–H and O–H groups in total. The monoisotopic (exact) mass is 758 g/mol. The number of fused-ring (bicyclic) bond motifs is 2. The highest BCUT2D eigenvalue weighted by atomic mass is 16.5. The number of methoxy groups -OCH3 is 1. The molecule has 0 spiro atoms. The van der Waals surface area contributed by atoms with Gasteiger partial charge >= 0.3 is 11.9 Å². The van der Waals surface area contributed by atoms with E-state index in [1.165, 1.54) is 64.9 Å². The van der Waals surface area contributed by atoms with E-state index in [2.05, 4.69) is 24.5 Å². The molecule has 4 rings (SSSR count). The average Bonchev–Trinajstić information content (AvgIpc) is 3.67. The van der Waals surface area contributed by atoms with Crippen LogP contribution in [0.4, 0.5) is 0 Å². The Bertz CT molecular complexity index is 1780. The van der Waals surface area contributed by atoms with Crippen LogP contribution in [0, 0.1) is 0 Å². The molecule has 2 unspecified atom stereocenters. The number of ether oxygens (including phenoxy) is 1. The molecule has 55 heavy (non-hydrogen) atoms. The minimum Gasteiger partial charge on any atom is -0.480 e.